The summed E-state index contributed by atoms with van der Waals surface area (Å²) < 4.78 is 1.73. The van der Waals surface area contributed by atoms with Gasteiger partial charge in [-0.2, -0.15) is 4.98 Å². The Kier molecular flexibility index (Phi) is 1.65. The number of anilines is 1. The zero-order chi connectivity index (χ0) is 11.4. The van der Waals surface area contributed by atoms with Gasteiger partial charge < -0.3 is 15.4 Å². The van der Waals surface area contributed by atoms with Gasteiger partial charge in [-0.3, -0.25) is 9.78 Å². The van der Waals surface area contributed by atoms with Gasteiger partial charge in [0.1, 0.15) is 11.9 Å². The number of H-pyrrole nitrogens is 1. The summed E-state index contributed by atoms with van der Waals surface area (Å²) in [5, 5.41) is 9.76. The summed E-state index contributed by atoms with van der Waals surface area (Å²) in [5.74, 6) is 0.530. The van der Waals surface area contributed by atoms with Crippen LogP contribution in [0.25, 0.3) is 11.2 Å². The zero-order valence-electron chi connectivity index (χ0n) is 8.64. The van der Waals surface area contributed by atoms with E-state index < -0.39 is 6.10 Å². The molecule has 0 saturated carbocycles. The Balaban J connectivity index is 2.45. The predicted octanol–water partition coefficient (Wildman–Crippen LogP) is -0.300. The van der Waals surface area contributed by atoms with E-state index >= 15 is 0 Å². The molecular formula is C9H11N5O2. The molecule has 0 aromatic carbocycles. The predicted molar refractivity (Wildman–Crippen MR) is 56.8 cm³/mol. The minimum Gasteiger partial charge on any atom is -0.385 e. The molecule has 0 bridgehead atoms. The van der Waals surface area contributed by atoms with Crippen molar-refractivity contribution >= 4 is 17.1 Å². The molecule has 84 valence electrons. The van der Waals surface area contributed by atoms with Crippen molar-refractivity contribution in [1.29, 1.82) is 0 Å². The third-order valence-electron chi connectivity index (χ3n) is 2.91. The van der Waals surface area contributed by atoms with Crippen molar-refractivity contribution in [3.63, 3.8) is 0 Å². The van der Waals surface area contributed by atoms with E-state index in [1.807, 2.05) is 6.92 Å². The Hall–Kier alpha value is -1.89. The summed E-state index contributed by atoms with van der Waals surface area (Å²) in [5.41, 5.74) is 5.79. The first-order valence-corrected chi connectivity index (χ1v) is 5.03. The fraction of sp³-hybridized carbons (Fsp3) is 0.444. The zero-order valence-corrected chi connectivity index (χ0v) is 8.64. The van der Waals surface area contributed by atoms with Crippen molar-refractivity contribution in [2.24, 2.45) is 0 Å². The van der Waals surface area contributed by atoms with Crippen molar-refractivity contribution in [2.75, 3.05) is 5.73 Å². The van der Waals surface area contributed by atoms with E-state index in [9.17, 15) is 9.90 Å². The number of aliphatic hydroxyl groups is 1. The highest BCUT2D eigenvalue weighted by Gasteiger charge is 2.31. The molecule has 0 spiro atoms. The van der Waals surface area contributed by atoms with E-state index in [1.54, 1.807) is 4.57 Å². The summed E-state index contributed by atoms with van der Waals surface area (Å²) in [4.78, 5) is 22.3. The first kappa shape index (κ1) is 9.34. The van der Waals surface area contributed by atoms with Crippen molar-refractivity contribution in [3.05, 3.63) is 16.2 Å². The Labute approximate surface area is 89.9 Å². The molecule has 2 atom stereocenters. The number of nitrogens with zero attached hydrogens (tertiary/aromatic N) is 3. The monoisotopic (exact) mass is 221 g/mol. The summed E-state index contributed by atoms with van der Waals surface area (Å²) in [6.07, 6.45) is -0.0629. The van der Waals surface area contributed by atoms with E-state index in [2.05, 4.69) is 15.0 Å². The van der Waals surface area contributed by atoms with Gasteiger partial charge in [-0.1, -0.05) is 0 Å². The standard InChI is InChI=1S/C9H11N5O2/c1-3-2-4(15)7-11-6-5(14(3)7)8(16)13-9(10)12-6/h3-4,15H,2H2,1H3,(H3,10,12,13,16)/t3-,4+/m1/s1. The first-order chi connectivity index (χ1) is 7.58. The van der Waals surface area contributed by atoms with Crippen LogP contribution < -0.4 is 11.3 Å². The van der Waals surface area contributed by atoms with E-state index in [-0.39, 0.29) is 17.5 Å². The number of fused-ring (bicyclic) bond motifs is 3. The van der Waals surface area contributed by atoms with Crippen LogP contribution in [0.2, 0.25) is 0 Å². The molecule has 16 heavy (non-hydrogen) atoms. The van der Waals surface area contributed by atoms with Gasteiger partial charge >= 0.3 is 0 Å². The van der Waals surface area contributed by atoms with Crippen LogP contribution in [0.1, 0.15) is 31.3 Å². The summed E-state index contributed by atoms with van der Waals surface area (Å²) in [7, 11) is 0. The lowest BCUT2D eigenvalue weighted by molar-refractivity contribution is 0.171. The average Bonchev–Trinajstić information content (AvgIpc) is 2.66. The molecule has 4 N–H and O–H groups in total. The Bertz CT molecular complexity index is 629. The second-order valence-corrected chi connectivity index (χ2v) is 4.06. The first-order valence-electron chi connectivity index (χ1n) is 5.03. The van der Waals surface area contributed by atoms with E-state index in [0.29, 0.717) is 23.4 Å². The topological polar surface area (TPSA) is 110 Å². The largest absolute Gasteiger partial charge is 0.385 e. The maximum atomic E-state index is 11.8. The molecule has 0 fully saturated rings. The maximum absolute atomic E-state index is 11.8. The van der Waals surface area contributed by atoms with Crippen LogP contribution in [0.5, 0.6) is 0 Å². The van der Waals surface area contributed by atoms with Crippen LogP contribution in [-0.2, 0) is 0 Å². The Morgan fingerprint density at radius 3 is 3.06 bits per heavy atom. The number of hydrogen-bond acceptors (Lipinski definition) is 5. The van der Waals surface area contributed by atoms with Crippen LogP contribution in [0, 0.1) is 0 Å². The molecule has 2 aromatic heterocycles. The van der Waals surface area contributed by atoms with Crippen molar-refractivity contribution in [3.8, 4) is 0 Å². The van der Waals surface area contributed by atoms with Crippen molar-refractivity contribution in [1.82, 2.24) is 19.5 Å². The number of hydrogen-bond donors (Lipinski definition) is 3. The summed E-state index contributed by atoms with van der Waals surface area (Å²) in [6, 6.07) is 0.0431. The second kappa shape index (κ2) is 2.82. The third kappa shape index (κ3) is 1.03. The highest BCUT2D eigenvalue weighted by atomic mass is 16.3. The smallest absolute Gasteiger partial charge is 0.278 e. The van der Waals surface area contributed by atoms with Crippen LogP contribution in [0.15, 0.2) is 4.79 Å². The number of nitrogens with one attached hydrogen (secondary N) is 1. The summed E-state index contributed by atoms with van der Waals surface area (Å²) in [6.45, 7) is 1.93. The lowest BCUT2D eigenvalue weighted by atomic mass is 10.2. The summed E-state index contributed by atoms with van der Waals surface area (Å²) >= 11 is 0. The SMILES string of the molecule is C[C@@H]1C[C@H](O)c2nc3nc(N)[nH]c(=O)c3n21. The molecule has 1 aliphatic rings. The normalized spacial score (nSPS) is 23.9. The Morgan fingerprint density at radius 1 is 1.56 bits per heavy atom. The highest BCUT2D eigenvalue weighted by Crippen LogP contribution is 2.35. The number of aromatic nitrogens is 4. The van der Waals surface area contributed by atoms with Gasteiger partial charge in [0.25, 0.3) is 5.56 Å². The third-order valence-corrected chi connectivity index (χ3v) is 2.91. The van der Waals surface area contributed by atoms with Gasteiger partial charge in [-0.25, -0.2) is 4.98 Å². The second-order valence-electron chi connectivity index (χ2n) is 4.06. The molecule has 0 amide bonds. The minimum absolute atomic E-state index is 0.0383. The molecule has 2 aromatic rings. The van der Waals surface area contributed by atoms with Crippen molar-refractivity contribution in [2.45, 2.75) is 25.5 Å². The molecule has 0 aliphatic carbocycles. The molecule has 1 aliphatic heterocycles. The van der Waals surface area contributed by atoms with Gasteiger partial charge in [0.05, 0.1) is 0 Å². The fourth-order valence-electron chi connectivity index (χ4n) is 2.26. The number of nitrogen functional groups attached to an aromatic ring is 1. The van der Waals surface area contributed by atoms with Gasteiger partial charge in [0.15, 0.2) is 11.2 Å². The molecule has 0 unspecified atom stereocenters. The highest BCUT2D eigenvalue weighted by molar-refractivity contribution is 5.72. The lowest BCUT2D eigenvalue weighted by Gasteiger charge is -2.05. The van der Waals surface area contributed by atoms with Crippen LogP contribution >= 0.6 is 0 Å². The fourth-order valence-corrected chi connectivity index (χ4v) is 2.26. The molecule has 7 heteroatoms. The van der Waals surface area contributed by atoms with E-state index in [1.165, 1.54) is 0 Å². The van der Waals surface area contributed by atoms with Gasteiger partial charge in [-0.05, 0) is 6.92 Å². The van der Waals surface area contributed by atoms with Gasteiger partial charge in [0.2, 0.25) is 5.95 Å². The van der Waals surface area contributed by atoms with Crippen LogP contribution in [0.4, 0.5) is 5.95 Å². The van der Waals surface area contributed by atoms with E-state index in [0.717, 1.165) is 0 Å². The number of aliphatic hydroxyl groups excluding tert-OH is 1. The maximum Gasteiger partial charge on any atom is 0.278 e. The number of nitrogens with two attached hydrogens (primary N) is 1. The molecule has 3 rings (SSSR count). The molecular weight excluding hydrogens is 210 g/mol. The Morgan fingerprint density at radius 2 is 2.31 bits per heavy atom. The number of aromatic amines is 1. The molecule has 0 radical (unpaired) electrons. The average molecular weight is 221 g/mol. The van der Waals surface area contributed by atoms with Gasteiger partial charge in [0, 0.05) is 12.5 Å². The number of rotatable bonds is 0. The van der Waals surface area contributed by atoms with E-state index in [4.69, 9.17) is 5.73 Å². The quantitative estimate of drug-likeness (QED) is 0.565. The number of imidazole rings is 1. The van der Waals surface area contributed by atoms with Crippen LogP contribution in [0.3, 0.4) is 0 Å². The van der Waals surface area contributed by atoms with Gasteiger partial charge in [-0.15, -0.1) is 0 Å². The van der Waals surface area contributed by atoms with Crippen molar-refractivity contribution < 1.29 is 5.11 Å². The minimum atomic E-state index is -0.634. The molecule has 3 heterocycles. The molecule has 0 saturated heterocycles. The molecule has 7 nitrogen and oxygen atoms in total. The lowest BCUT2D eigenvalue weighted by Crippen LogP contribution is -2.15. The van der Waals surface area contributed by atoms with Crippen LogP contribution in [-0.4, -0.2) is 24.6 Å².